The van der Waals surface area contributed by atoms with Crippen LogP contribution in [0.4, 0.5) is 0 Å². The topological polar surface area (TPSA) is 132 Å². The molecule has 0 spiro atoms. The number of rotatable bonds is 14. The number of aliphatic hydroxyl groups excluding tert-OH is 1. The third-order valence-corrected chi connectivity index (χ3v) is 5.44. The summed E-state index contributed by atoms with van der Waals surface area (Å²) in [6.45, 7) is 8.59. The first-order valence-electron chi connectivity index (χ1n) is 11.2. The van der Waals surface area contributed by atoms with E-state index < -0.39 is 22.8 Å². The number of benzene rings is 1. The minimum atomic E-state index is -0.770. The molecule has 1 fully saturated rings. The second kappa shape index (κ2) is 13.0. The van der Waals surface area contributed by atoms with Crippen molar-refractivity contribution in [2.24, 2.45) is 5.92 Å². The second-order valence-corrected chi connectivity index (χ2v) is 8.80. The Morgan fingerprint density at radius 1 is 1.27 bits per heavy atom. The average Bonchev–Trinajstić information content (AvgIpc) is 2.79. The lowest BCUT2D eigenvalue weighted by Gasteiger charge is -2.30. The molecule has 0 heterocycles. The Balaban J connectivity index is 1.69. The maximum atomic E-state index is 12.5. The number of hydrogen-bond donors (Lipinski definition) is 3. The number of aliphatic hydroxyl groups is 1. The minimum Gasteiger partial charge on any atom is -0.487 e. The highest BCUT2D eigenvalue weighted by Gasteiger charge is 2.29. The summed E-state index contributed by atoms with van der Waals surface area (Å²) in [6.07, 6.45) is 2.57. The van der Waals surface area contributed by atoms with Crippen LogP contribution in [-0.2, 0) is 9.63 Å². The predicted octanol–water partition coefficient (Wildman–Crippen LogP) is 2.24. The highest BCUT2D eigenvalue weighted by atomic mass is 17.0. The van der Waals surface area contributed by atoms with Crippen LogP contribution in [0.25, 0.3) is 0 Å². The van der Waals surface area contributed by atoms with Gasteiger partial charge in [0.15, 0.2) is 11.5 Å². The standard InChI is InChI=1S/C23H35N3O7/c1-4-13-31-20-7-5-6-8-21(20)32-15-18(27)14-25-23(2,3)16-24-22(28)17-9-11-19(12-10-17)33-26(29)30/h4-8,17-19,25,27H,1,9-16H2,2-3H3,(H,24,28). The molecule has 184 valence electrons. The van der Waals surface area contributed by atoms with E-state index in [0.29, 0.717) is 50.3 Å². The van der Waals surface area contributed by atoms with Gasteiger partial charge in [-0.05, 0) is 51.7 Å². The van der Waals surface area contributed by atoms with Gasteiger partial charge in [0.1, 0.15) is 25.4 Å². The van der Waals surface area contributed by atoms with Crippen molar-refractivity contribution in [3.05, 3.63) is 47.0 Å². The van der Waals surface area contributed by atoms with E-state index in [1.807, 2.05) is 26.0 Å². The number of para-hydroxylation sites is 2. The summed E-state index contributed by atoms with van der Waals surface area (Å²) < 4.78 is 11.2. The molecule has 2 rings (SSSR count). The number of carbonyl (C=O) groups excluding carboxylic acids is 1. The van der Waals surface area contributed by atoms with Gasteiger partial charge in [-0.2, -0.15) is 0 Å². The highest BCUT2D eigenvalue weighted by Crippen LogP contribution is 2.27. The number of amides is 1. The molecule has 1 aliphatic carbocycles. The van der Waals surface area contributed by atoms with E-state index >= 15 is 0 Å². The molecular formula is C23H35N3O7. The van der Waals surface area contributed by atoms with Gasteiger partial charge >= 0.3 is 0 Å². The molecule has 1 saturated carbocycles. The third kappa shape index (κ3) is 9.67. The molecule has 1 aliphatic rings. The number of nitrogens with one attached hydrogen (secondary N) is 2. The summed E-state index contributed by atoms with van der Waals surface area (Å²) in [4.78, 5) is 27.5. The van der Waals surface area contributed by atoms with E-state index in [4.69, 9.17) is 9.47 Å². The summed E-state index contributed by atoms with van der Waals surface area (Å²) in [5.74, 6) is 0.891. The lowest BCUT2D eigenvalue weighted by molar-refractivity contribution is -0.769. The third-order valence-electron chi connectivity index (χ3n) is 5.44. The normalized spacial score (nSPS) is 19.2. The van der Waals surface area contributed by atoms with Crippen molar-refractivity contribution in [2.45, 2.75) is 57.3 Å². The van der Waals surface area contributed by atoms with Gasteiger partial charge in [0.25, 0.3) is 5.09 Å². The fourth-order valence-electron chi connectivity index (χ4n) is 3.54. The maximum absolute atomic E-state index is 12.5. The van der Waals surface area contributed by atoms with Gasteiger partial charge in [-0.3, -0.25) is 4.79 Å². The molecule has 0 bridgehead atoms. The molecule has 1 unspecified atom stereocenters. The summed E-state index contributed by atoms with van der Waals surface area (Å²) in [5.41, 5.74) is -0.451. The molecule has 1 atom stereocenters. The van der Waals surface area contributed by atoms with Gasteiger partial charge in [0.2, 0.25) is 5.91 Å². The molecule has 1 amide bonds. The molecule has 1 aromatic rings. The van der Waals surface area contributed by atoms with Crippen LogP contribution in [0.3, 0.4) is 0 Å². The number of nitrogens with zero attached hydrogens (tertiary/aromatic N) is 1. The van der Waals surface area contributed by atoms with Gasteiger partial charge in [0.05, 0.1) is 0 Å². The Morgan fingerprint density at radius 3 is 2.52 bits per heavy atom. The Morgan fingerprint density at radius 2 is 1.91 bits per heavy atom. The maximum Gasteiger partial charge on any atom is 0.294 e. The van der Waals surface area contributed by atoms with Crippen molar-refractivity contribution in [2.75, 3.05) is 26.3 Å². The monoisotopic (exact) mass is 465 g/mol. The van der Waals surface area contributed by atoms with Crippen molar-refractivity contribution >= 4 is 5.91 Å². The van der Waals surface area contributed by atoms with Crippen molar-refractivity contribution in [1.82, 2.24) is 10.6 Å². The van der Waals surface area contributed by atoms with E-state index in [2.05, 4.69) is 22.1 Å². The summed E-state index contributed by atoms with van der Waals surface area (Å²) in [6, 6.07) is 7.23. The van der Waals surface area contributed by atoms with Crippen molar-refractivity contribution in [3.8, 4) is 11.5 Å². The molecule has 10 heteroatoms. The largest absolute Gasteiger partial charge is 0.487 e. The summed E-state index contributed by atoms with van der Waals surface area (Å²) >= 11 is 0. The smallest absolute Gasteiger partial charge is 0.294 e. The molecule has 0 radical (unpaired) electrons. The van der Waals surface area contributed by atoms with Crippen LogP contribution in [0.5, 0.6) is 11.5 Å². The number of β-amino-alcohol motifs (C(OH)–C–C–N with tert-alkyl or cyclic N) is 1. The van der Waals surface area contributed by atoms with Crippen LogP contribution in [-0.4, -0.2) is 60.2 Å². The van der Waals surface area contributed by atoms with Gasteiger partial charge < -0.3 is 30.1 Å². The summed E-state index contributed by atoms with van der Waals surface area (Å²) in [5, 5.41) is 26.2. The van der Waals surface area contributed by atoms with Crippen molar-refractivity contribution in [3.63, 3.8) is 0 Å². The van der Waals surface area contributed by atoms with Crippen LogP contribution in [0.2, 0.25) is 0 Å². The van der Waals surface area contributed by atoms with Crippen LogP contribution in [0.15, 0.2) is 36.9 Å². The zero-order valence-electron chi connectivity index (χ0n) is 19.3. The first-order valence-corrected chi connectivity index (χ1v) is 11.2. The van der Waals surface area contributed by atoms with Crippen LogP contribution in [0, 0.1) is 16.0 Å². The van der Waals surface area contributed by atoms with Crippen LogP contribution in [0.1, 0.15) is 39.5 Å². The fourth-order valence-corrected chi connectivity index (χ4v) is 3.54. The van der Waals surface area contributed by atoms with Gasteiger partial charge in [-0.25, -0.2) is 0 Å². The number of carbonyl (C=O) groups is 1. The molecule has 33 heavy (non-hydrogen) atoms. The van der Waals surface area contributed by atoms with Crippen molar-refractivity contribution in [1.29, 1.82) is 0 Å². The first-order chi connectivity index (χ1) is 15.7. The predicted molar refractivity (Wildman–Crippen MR) is 123 cm³/mol. The van der Waals surface area contributed by atoms with E-state index in [9.17, 15) is 20.0 Å². The fraction of sp³-hybridized carbons (Fsp3) is 0.609. The lowest BCUT2D eigenvalue weighted by Crippen LogP contribution is -2.52. The first kappa shape index (κ1) is 26.4. The molecule has 0 aliphatic heterocycles. The average molecular weight is 466 g/mol. The van der Waals surface area contributed by atoms with E-state index in [1.165, 1.54) is 0 Å². The zero-order chi connectivity index (χ0) is 24.3. The highest BCUT2D eigenvalue weighted by molar-refractivity contribution is 5.78. The molecule has 3 N–H and O–H groups in total. The van der Waals surface area contributed by atoms with Gasteiger partial charge in [0, 0.05) is 24.5 Å². The quantitative estimate of drug-likeness (QED) is 0.217. The number of hydrogen-bond acceptors (Lipinski definition) is 8. The molecular weight excluding hydrogens is 430 g/mol. The molecule has 0 aromatic heterocycles. The van der Waals surface area contributed by atoms with Crippen LogP contribution < -0.4 is 20.1 Å². The Labute approximate surface area is 194 Å². The van der Waals surface area contributed by atoms with Gasteiger partial charge in [-0.1, -0.05) is 24.8 Å². The molecule has 10 nitrogen and oxygen atoms in total. The SMILES string of the molecule is C=CCOc1ccccc1OCC(O)CNC(C)(C)CNC(=O)C1CCC(O[N+](=O)[O-])CC1. The van der Waals surface area contributed by atoms with E-state index in [1.54, 1.807) is 18.2 Å². The lowest BCUT2D eigenvalue weighted by atomic mass is 9.86. The van der Waals surface area contributed by atoms with Crippen molar-refractivity contribution < 1.29 is 29.3 Å². The number of ether oxygens (including phenoxy) is 2. The van der Waals surface area contributed by atoms with E-state index in [0.717, 1.165) is 0 Å². The minimum absolute atomic E-state index is 0.0653. The molecule has 0 saturated heterocycles. The Bertz CT molecular complexity index is 779. The summed E-state index contributed by atoms with van der Waals surface area (Å²) in [7, 11) is 0. The van der Waals surface area contributed by atoms with E-state index in [-0.39, 0.29) is 25.0 Å². The van der Waals surface area contributed by atoms with Gasteiger partial charge in [-0.15, -0.1) is 10.1 Å². The van der Waals surface area contributed by atoms with Crippen LogP contribution >= 0.6 is 0 Å². The Kier molecular flexibility index (Phi) is 10.4. The molecule has 1 aromatic carbocycles. The second-order valence-electron chi connectivity index (χ2n) is 8.80. The Hall–Kier alpha value is -2.85. The zero-order valence-corrected chi connectivity index (χ0v) is 19.3.